The molecule has 2 aromatic heterocycles. The normalized spacial score (nSPS) is 22.4. The van der Waals surface area contributed by atoms with Crippen molar-refractivity contribution in [2.24, 2.45) is 0 Å². The molecule has 1 amide bonds. The van der Waals surface area contributed by atoms with Gasteiger partial charge in [0, 0.05) is 69.3 Å². The van der Waals surface area contributed by atoms with E-state index < -0.39 is 0 Å². The molecule has 0 N–H and O–H groups in total. The van der Waals surface area contributed by atoms with Gasteiger partial charge in [0.15, 0.2) is 5.82 Å². The Kier molecular flexibility index (Phi) is 8.20. The topological polar surface area (TPSA) is 92.1 Å². The first-order chi connectivity index (χ1) is 20.5. The molecule has 0 unspecified atom stereocenters. The lowest BCUT2D eigenvalue weighted by Gasteiger charge is -2.43. The lowest BCUT2D eigenvalue weighted by atomic mass is 9.99. The molecule has 6 rings (SSSR count). The van der Waals surface area contributed by atoms with E-state index in [-0.39, 0.29) is 18.4 Å². The van der Waals surface area contributed by atoms with Gasteiger partial charge in [0.1, 0.15) is 6.61 Å². The molecule has 2 atom stereocenters. The molecule has 2 aromatic rings. The van der Waals surface area contributed by atoms with Crippen LogP contribution in [0.25, 0.3) is 0 Å². The number of carbonyl (C=O) groups is 1. The monoisotopic (exact) mass is 570 g/mol. The van der Waals surface area contributed by atoms with Crippen LogP contribution in [-0.2, 0) is 24.2 Å². The van der Waals surface area contributed by atoms with Crippen molar-refractivity contribution in [3.63, 3.8) is 0 Å². The van der Waals surface area contributed by atoms with Crippen LogP contribution >= 0.6 is 0 Å². The number of likely N-dealkylation sites (N-methyl/N-ethyl adjacent to an activating group) is 1. The maximum atomic E-state index is 12.5. The summed E-state index contributed by atoms with van der Waals surface area (Å²) in [7, 11) is 4.33. The highest BCUT2D eigenvalue weighted by Crippen LogP contribution is 2.39. The second-order valence-electron chi connectivity index (χ2n) is 12.0. The van der Waals surface area contributed by atoms with Gasteiger partial charge in [-0.15, -0.1) is 0 Å². The molecule has 6 heterocycles. The minimum absolute atomic E-state index is 0.115. The number of nitrogens with zero attached hydrogens (tertiary/aromatic N) is 8. The van der Waals surface area contributed by atoms with E-state index in [0.29, 0.717) is 44.7 Å². The van der Waals surface area contributed by atoms with Crippen molar-refractivity contribution in [2.75, 3.05) is 74.7 Å². The molecule has 4 aliphatic heterocycles. The summed E-state index contributed by atoms with van der Waals surface area (Å²) in [4.78, 5) is 33.7. The number of pyridine rings is 2. The molecule has 4 aliphatic rings. The van der Waals surface area contributed by atoms with Crippen LogP contribution < -0.4 is 19.4 Å². The zero-order chi connectivity index (χ0) is 29.2. The van der Waals surface area contributed by atoms with E-state index in [1.807, 2.05) is 6.20 Å². The molecule has 0 bridgehead atoms. The third kappa shape index (κ3) is 5.50. The number of hydrogen-bond acceptors (Lipinski definition) is 9. The highest BCUT2D eigenvalue weighted by Gasteiger charge is 2.33. The molecule has 2 fully saturated rings. The van der Waals surface area contributed by atoms with E-state index in [0.717, 1.165) is 62.5 Å². The summed E-state index contributed by atoms with van der Waals surface area (Å²) in [5.74, 6) is 1.57. The summed E-state index contributed by atoms with van der Waals surface area (Å²) in [5, 5.41) is 9.54. The van der Waals surface area contributed by atoms with E-state index in [9.17, 15) is 10.1 Å². The SMILES string of the molecule is C=CC(=O)N1CCN(c2cc(OC[C@@H]3CCCN3C)nc3c2CCN(c2nccc4c2N(C)CCC4)C3)C[C@@H]1CC#N. The van der Waals surface area contributed by atoms with E-state index in [4.69, 9.17) is 14.7 Å². The number of fused-ring (bicyclic) bond motifs is 2. The maximum Gasteiger partial charge on any atom is 0.246 e. The Labute approximate surface area is 249 Å². The zero-order valence-electron chi connectivity index (χ0n) is 25.0. The predicted molar refractivity (Wildman–Crippen MR) is 164 cm³/mol. The largest absolute Gasteiger partial charge is 0.476 e. The second-order valence-corrected chi connectivity index (χ2v) is 12.0. The van der Waals surface area contributed by atoms with Gasteiger partial charge in [-0.25, -0.2) is 9.97 Å². The third-order valence-electron chi connectivity index (χ3n) is 9.45. The molecule has 222 valence electrons. The fraction of sp³-hybridized carbons (Fsp3) is 0.562. The van der Waals surface area contributed by atoms with Gasteiger partial charge in [0.05, 0.1) is 36.5 Å². The van der Waals surface area contributed by atoms with Crippen LogP contribution in [0, 0.1) is 11.3 Å². The summed E-state index contributed by atoms with van der Waals surface area (Å²) in [6.45, 7) is 9.77. The number of ether oxygens (including phenoxy) is 1. The van der Waals surface area contributed by atoms with Gasteiger partial charge < -0.3 is 29.2 Å². The number of amides is 1. The highest BCUT2D eigenvalue weighted by molar-refractivity contribution is 5.87. The van der Waals surface area contributed by atoms with E-state index in [1.165, 1.54) is 29.3 Å². The van der Waals surface area contributed by atoms with E-state index in [2.05, 4.69) is 58.5 Å². The van der Waals surface area contributed by atoms with Crippen molar-refractivity contribution in [3.8, 4) is 11.9 Å². The molecule has 0 aliphatic carbocycles. The Bertz CT molecular complexity index is 1370. The molecule has 42 heavy (non-hydrogen) atoms. The van der Waals surface area contributed by atoms with Crippen molar-refractivity contribution in [3.05, 3.63) is 47.8 Å². The van der Waals surface area contributed by atoms with Crippen LogP contribution in [0.3, 0.4) is 0 Å². The Balaban J connectivity index is 1.32. The van der Waals surface area contributed by atoms with Crippen molar-refractivity contribution in [1.82, 2.24) is 19.8 Å². The lowest BCUT2D eigenvalue weighted by molar-refractivity contribution is -0.128. The average Bonchev–Trinajstić information content (AvgIpc) is 3.43. The minimum atomic E-state index is -0.190. The number of hydrogen-bond donors (Lipinski definition) is 0. The summed E-state index contributed by atoms with van der Waals surface area (Å²) >= 11 is 0. The molecule has 10 heteroatoms. The van der Waals surface area contributed by atoms with Gasteiger partial charge in [-0.05, 0) is 63.4 Å². The van der Waals surface area contributed by atoms with Crippen LogP contribution in [0.5, 0.6) is 5.88 Å². The van der Waals surface area contributed by atoms with Crippen LogP contribution in [0.4, 0.5) is 17.2 Å². The maximum absolute atomic E-state index is 12.5. The number of piperazine rings is 1. The molecular weight excluding hydrogens is 528 g/mol. The van der Waals surface area contributed by atoms with Crippen LogP contribution in [0.2, 0.25) is 0 Å². The van der Waals surface area contributed by atoms with Crippen molar-refractivity contribution in [2.45, 2.75) is 57.2 Å². The van der Waals surface area contributed by atoms with Crippen molar-refractivity contribution >= 4 is 23.1 Å². The summed E-state index contributed by atoms with van der Waals surface area (Å²) in [6, 6.07) is 6.74. The minimum Gasteiger partial charge on any atom is -0.476 e. The van der Waals surface area contributed by atoms with E-state index in [1.54, 1.807) is 4.90 Å². The number of aryl methyl sites for hydroxylation is 1. The van der Waals surface area contributed by atoms with Crippen LogP contribution in [0.15, 0.2) is 31.0 Å². The molecule has 0 spiro atoms. The van der Waals surface area contributed by atoms with Crippen LogP contribution in [0.1, 0.15) is 42.5 Å². The summed E-state index contributed by atoms with van der Waals surface area (Å²) in [6.07, 6.45) is 8.99. The van der Waals surface area contributed by atoms with Crippen LogP contribution in [-0.4, -0.2) is 97.7 Å². The number of aromatic nitrogens is 2. The Morgan fingerprint density at radius 3 is 2.81 bits per heavy atom. The zero-order valence-corrected chi connectivity index (χ0v) is 25.0. The van der Waals surface area contributed by atoms with Gasteiger partial charge in [-0.1, -0.05) is 6.58 Å². The molecule has 0 aromatic carbocycles. The quantitative estimate of drug-likeness (QED) is 0.466. The third-order valence-corrected chi connectivity index (χ3v) is 9.45. The van der Waals surface area contributed by atoms with Crippen molar-refractivity contribution < 1.29 is 9.53 Å². The summed E-state index contributed by atoms with van der Waals surface area (Å²) < 4.78 is 6.41. The number of nitriles is 1. The number of anilines is 3. The molecule has 10 nitrogen and oxygen atoms in total. The fourth-order valence-corrected chi connectivity index (χ4v) is 7.11. The Morgan fingerprint density at radius 1 is 1.14 bits per heavy atom. The number of rotatable bonds is 7. The predicted octanol–water partition coefficient (Wildman–Crippen LogP) is 3.01. The van der Waals surface area contributed by atoms with Gasteiger partial charge in [0.2, 0.25) is 11.8 Å². The molecule has 0 radical (unpaired) electrons. The number of likely N-dealkylation sites (tertiary alicyclic amines) is 1. The standard InChI is InChI=1S/C32H42N8O2/c1-4-30(41)40-18-17-38(20-24(40)9-12-33)28-19-29(42-22-25-8-6-14-36(25)2)35-27-21-39(16-11-26(27)28)32-31-23(10-13-34-32)7-5-15-37(31)3/h4,10,13,19,24-25H,1,5-9,11,14-18,20-22H2,2-3H3/t24-,25-/m0/s1. The molecule has 0 saturated carbocycles. The first-order valence-corrected chi connectivity index (χ1v) is 15.3. The van der Waals surface area contributed by atoms with Gasteiger partial charge in [-0.3, -0.25) is 4.79 Å². The number of carbonyl (C=O) groups excluding carboxylic acids is 1. The first kappa shape index (κ1) is 28.3. The second kappa shape index (κ2) is 12.2. The Hall–Kier alpha value is -3.84. The summed E-state index contributed by atoms with van der Waals surface area (Å²) in [5.41, 5.74) is 5.97. The smallest absolute Gasteiger partial charge is 0.246 e. The fourth-order valence-electron chi connectivity index (χ4n) is 7.11. The van der Waals surface area contributed by atoms with Gasteiger partial charge >= 0.3 is 0 Å². The first-order valence-electron chi connectivity index (χ1n) is 15.3. The van der Waals surface area contributed by atoms with E-state index >= 15 is 0 Å². The lowest BCUT2D eigenvalue weighted by Crippen LogP contribution is -2.55. The van der Waals surface area contributed by atoms with Crippen molar-refractivity contribution in [1.29, 1.82) is 5.26 Å². The molecule has 2 saturated heterocycles. The van der Waals surface area contributed by atoms with Gasteiger partial charge in [-0.2, -0.15) is 5.26 Å². The molecular formula is C32H42N8O2. The average molecular weight is 571 g/mol. The van der Waals surface area contributed by atoms with Gasteiger partial charge in [0.25, 0.3) is 0 Å². The highest BCUT2D eigenvalue weighted by atomic mass is 16.5. The Morgan fingerprint density at radius 2 is 2.02 bits per heavy atom.